The standard InChI is InChI=1S/C9H15N3/c1-7(2)8-4-9(6-10-3)12-11-5-8/h4-5,7,10H,6H2,1-3H3. The Morgan fingerprint density at radius 3 is 2.83 bits per heavy atom. The van der Waals surface area contributed by atoms with Crippen LogP contribution in [0.5, 0.6) is 0 Å². The molecule has 1 N–H and O–H groups in total. The summed E-state index contributed by atoms with van der Waals surface area (Å²) in [5.74, 6) is 0.524. The SMILES string of the molecule is CNCc1cc(C(C)C)cnn1. The second-order valence-electron chi connectivity index (χ2n) is 3.17. The van der Waals surface area contributed by atoms with E-state index in [0.717, 1.165) is 12.2 Å². The molecular weight excluding hydrogens is 150 g/mol. The summed E-state index contributed by atoms with van der Waals surface area (Å²) < 4.78 is 0. The Labute approximate surface area is 73.2 Å². The van der Waals surface area contributed by atoms with Gasteiger partial charge in [0.15, 0.2) is 0 Å². The number of aromatic nitrogens is 2. The van der Waals surface area contributed by atoms with Gasteiger partial charge in [0.1, 0.15) is 0 Å². The molecule has 0 unspecified atom stereocenters. The van der Waals surface area contributed by atoms with Gasteiger partial charge in [-0.25, -0.2) is 0 Å². The van der Waals surface area contributed by atoms with Gasteiger partial charge in [0.2, 0.25) is 0 Å². The first-order chi connectivity index (χ1) is 5.74. The highest BCUT2D eigenvalue weighted by atomic mass is 15.1. The molecule has 1 aromatic rings. The van der Waals surface area contributed by atoms with Crippen LogP contribution < -0.4 is 5.32 Å². The second kappa shape index (κ2) is 4.16. The fourth-order valence-corrected chi connectivity index (χ4v) is 1.01. The zero-order valence-electron chi connectivity index (χ0n) is 7.83. The Balaban J connectivity index is 2.81. The van der Waals surface area contributed by atoms with Crippen LogP contribution in [0.15, 0.2) is 12.3 Å². The van der Waals surface area contributed by atoms with Crippen LogP contribution >= 0.6 is 0 Å². The van der Waals surface area contributed by atoms with Crippen LogP contribution in [0.4, 0.5) is 0 Å². The first kappa shape index (κ1) is 9.13. The lowest BCUT2D eigenvalue weighted by Crippen LogP contribution is -2.08. The molecule has 0 aliphatic rings. The van der Waals surface area contributed by atoms with Crippen LogP contribution in [0.1, 0.15) is 31.0 Å². The van der Waals surface area contributed by atoms with E-state index in [-0.39, 0.29) is 0 Å². The quantitative estimate of drug-likeness (QED) is 0.734. The Morgan fingerprint density at radius 1 is 1.50 bits per heavy atom. The number of hydrogen-bond donors (Lipinski definition) is 1. The van der Waals surface area contributed by atoms with Crippen molar-refractivity contribution in [3.05, 3.63) is 23.5 Å². The van der Waals surface area contributed by atoms with Gasteiger partial charge in [0, 0.05) is 6.54 Å². The van der Waals surface area contributed by atoms with Gasteiger partial charge in [-0.2, -0.15) is 10.2 Å². The van der Waals surface area contributed by atoms with E-state index >= 15 is 0 Å². The maximum absolute atomic E-state index is 4.00. The molecule has 0 aliphatic carbocycles. The molecule has 0 radical (unpaired) electrons. The molecule has 1 heterocycles. The van der Waals surface area contributed by atoms with E-state index in [4.69, 9.17) is 0 Å². The molecule has 3 nitrogen and oxygen atoms in total. The maximum atomic E-state index is 4.00. The molecule has 0 atom stereocenters. The first-order valence-electron chi connectivity index (χ1n) is 4.20. The van der Waals surface area contributed by atoms with Crippen molar-refractivity contribution in [3.8, 4) is 0 Å². The Morgan fingerprint density at radius 2 is 2.25 bits per heavy atom. The average molecular weight is 165 g/mol. The maximum Gasteiger partial charge on any atom is 0.0771 e. The Bertz CT molecular complexity index is 245. The summed E-state index contributed by atoms with van der Waals surface area (Å²) >= 11 is 0. The van der Waals surface area contributed by atoms with Crippen molar-refractivity contribution in [2.75, 3.05) is 7.05 Å². The third kappa shape index (κ3) is 2.27. The van der Waals surface area contributed by atoms with Gasteiger partial charge in [0.05, 0.1) is 11.9 Å². The number of rotatable bonds is 3. The van der Waals surface area contributed by atoms with Crippen LogP contribution in [-0.4, -0.2) is 17.2 Å². The molecule has 0 saturated heterocycles. The van der Waals surface area contributed by atoms with E-state index < -0.39 is 0 Å². The predicted molar refractivity (Wildman–Crippen MR) is 48.9 cm³/mol. The summed E-state index contributed by atoms with van der Waals surface area (Å²) in [6, 6.07) is 2.09. The van der Waals surface area contributed by atoms with Crippen LogP contribution in [0.2, 0.25) is 0 Å². The Kier molecular flexibility index (Phi) is 3.17. The van der Waals surface area contributed by atoms with E-state index in [1.54, 1.807) is 0 Å². The minimum Gasteiger partial charge on any atom is -0.314 e. The van der Waals surface area contributed by atoms with Crippen molar-refractivity contribution in [3.63, 3.8) is 0 Å². The van der Waals surface area contributed by atoms with Crippen LogP contribution in [0, 0.1) is 0 Å². The summed E-state index contributed by atoms with van der Waals surface area (Å²) in [6.45, 7) is 5.09. The number of hydrogen-bond acceptors (Lipinski definition) is 3. The van der Waals surface area contributed by atoms with Crippen molar-refractivity contribution in [1.82, 2.24) is 15.5 Å². The van der Waals surface area contributed by atoms with Crippen LogP contribution in [0.25, 0.3) is 0 Å². The molecule has 1 aromatic heterocycles. The fourth-order valence-electron chi connectivity index (χ4n) is 1.01. The zero-order valence-corrected chi connectivity index (χ0v) is 7.83. The van der Waals surface area contributed by atoms with Crippen LogP contribution in [0.3, 0.4) is 0 Å². The lowest BCUT2D eigenvalue weighted by atomic mass is 10.1. The largest absolute Gasteiger partial charge is 0.314 e. The lowest BCUT2D eigenvalue weighted by molar-refractivity contribution is 0.750. The molecule has 0 bridgehead atoms. The molecular formula is C9H15N3. The third-order valence-electron chi connectivity index (χ3n) is 1.75. The molecule has 1 rings (SSSR count). The van der Waals surface area contributed by atoms with Gasteiger partial charge in [-0.1, -0.05) is 13.8 Å². The number of nitrogens with zero attached hydrogens (tertiary/aromatic N) is 2. The van der Waals surface area contributed by atoms with E-state index in [9.17, 15) is 0 Å². The number of nitrogens with one attached hydrogen (secondary N) is 1. The van der Waals surface area contributed by atoms with E-state index in [1.165, 1.54) is 5.56 Å². The van der Waals surface area contributed by atoms with E-state index in [0.29, 0.717) is 5.92 Å². The third-order valence-corrected chi connectivity index (χ3v) is 1.75. The fraction of sp³-hybridized carbons (Fsp3) is 0.556. The molecule has 0 fully saturated rings. The van der Waals surface area contributed by atoms with Crippen molar-refractivity contribution >= 4 is 0 Å². The highest BCUT2D eigenvalue weighted by Gasteiger charge is 2.00. The topological polar surface area (TPSA) is 37.8 Å². The van der Waals surface area contributed by atoms with Crippen molar-refractivity contribution in [2.24, 2.45) is 0 Å². The van der Waals surface area contributed by atoms with Crippen molar-refractivity contribution in [1.29, 1.82) is 0 Å². The molecule has 0 aliphatic heterocycles. The molecule has 3 heteroatoms. The van der Waals surface area contributed by atoms with Gasteiger partial charge < -0.3 is 5.32 Å². The minimum absolute atomic E-state index is 0.524. The summed E-state index contributed by atoms with van der Waals surface area (Å²) in [7, 11) is 1.91. The highest BCUT2D eigenvalue weighted by molar-refractivity contribution is 5.15. The molecule has 0 amide bonds. The lowest BCUT2D eigenvalue weighted by Gasteiger charge is -2.05. The monoisotopic (exact) mass is 165 g/mol. The molecule has 66 valence electrons. The van der Waals surface area contributed by atoms with Crippen molar-refractivity contribution in [2.45, 2.75) is 26.3 Å². The predicted octanol–water partition coefficient (Wildman–Crippen LogP) is 1.32. The second-order valence-corrected chi connectivity index (χ2v) is 3.17. The molecule has 12 heavy (non-hydrogen) atoms. The van der Waals surface area contributed by atoms with Gasteiger partial charge in [-0.05, 0) is 24.6 Å². The first-order valence-corrected chi connectivity index (χ1v) is 4.20. The van der Waals surface area contributed by atoms with Gasteiger partial charge in [-0.3, -0.25) is 0 Å². The normalized spacial score (nSPS) is 10.7. The smallest absolute Gasteiger partial charge is 0.0771 e. The van der Waals surface area contributed by atoms with Crippen molar-refractivity contribution < 1.29 is 0 Å². The van der Waals surface area contributed by atoms with Gasteiger partial charge in [0.25, 0.3) is 0 Å². The van der Waals surface area contributed by atoms with E-state index in [2.05, 4.69) is 35.4 Å². The van der Waals surface area contributed by atoms with Gasteiger partial charge in [-0.15, -0.1) is 0 Å². The zero-order chi connectivity index (χ0) is 8.97. The summed E-state index contributed by atoms with van der Waals surface area (Å²) in [6.07, 6.45) is 1.82. The average Bonchev–Trinajstić information content (AvgIpc) is 2.05. The van der Waals surface area contributed by atoms with Gasteiger partial charge >= 0.3 is 0 Å². The summed E-state index contributed by atoms with van der Waals surface area (Å²) in [5, 5.41) is 11.0. The summed E-state index contributed by atoms with van der Waals surface area (Å²) in [4.78, 5) is 0. The van der Waals surface area contributed by atoms with E-state index in [1.807, 2.05) is 13.2 Å². The molecule has 0 aromatic carbocycles. The Hall–Kier alpha value is -0.960. The molecule has 0 spiro atoms. The van der Waals surface area contributed by atoms with Crippen LogP contribution in [-0.2, 0) is 6.54 Å². The molecule has 0 saturated carbocycles. The summed E-state index contributed by atoms with van der Waals surface area (Å²) in [5.41, 5.74) is 2.25. The highest BCUT2D eigenvalue weighted by Crippen LogP contribution is 2.12. The minimum atomic E-state index is 0.524.